The Morgan fingerprint density at radius 1 is 0.917 bits per heavy atom. The molecule has 6 nitrogen and oxygen atoms in total. The van der Waals surface area contributed by atoms with Crippen molar-refractivity contribution in [3.05, 3.63) is 0 Å². The van der Waals surface area contributed by atoms with Gasteiger partial charge in [0, 0.05) is 0 Å². The second-order valence-electron chi connectivity index (χ2n) is 2.72. The van der Waals surface area contributed by atoms with Gasteiger partial charge >= 0.3 is 0 Å². The molecular formula is C6H12O6. The lowest BCUT2D eigenvalue weighted by Gasteiger charge is -2.37. The largest absolute Gasteiger partial charge is 0.394 e. The Labute approximate surface area is 68.6 Å². The van der Waals surface area contributed by atoms with E-state index in [-0.39, 0.29) is 0 Å². The van der Waals surface area contributed by atoms with Gasteiger partial charge < -0.3 is 30.3 Å². The van der Waals surface area contributed by atoms with Crippen LogP contribution in [0.3, 0.4) is 0 Å². The van der Waals surface area contributed by atoms with Gasteiger partial charge in [0.05, 0.1) is 6.61 Å². The highest BCUT2D eigenvalue weighted by Crippen LogP contribution is 2.18. The molecule has 0 radical (unpaired) electrons. The molecule has 1 aliphatic heterocycles. The SMILES string of the molecule is OCC1O[C@H](O)[C@@H](O)[C@@H](O)C1O. The molecule has 1 fully saturated rings. The third-order valence-electron chi connectivity index (χ3n) is 1.87. The second kappa shape index (κ2) is 3.65. The maximum absolute atomic E-state index is 9.12. The molecule has 2 unspecified atom stereocenters. The average molecular weight is 180 g/mol. The maximum atomic E-state index is 9.12. The Hall–Kier alpha value is -0.240. The first-order chi connectivity index (χ1) is 5.57. The number of aliphatic hydroxyl groups is 5. The van der Waals surface area contributed by atoms with Crippen LogP contribution in [0.25, 0.3) is 0 Å². The van der Waals surface area contributed by atoms with Gasteiger partial charge in [-0.05, 0) is 0 Å². The van der Waals surface area contributed by atoms with Gasteiger partial charge in [0.25, 0.3) is 0 Å². The molecule has 0 aromatic heterocycles. The van der Waals surface area contributed by atoms with Crippen LogP contribution in [-0.4, -0.2) is 62.8 Å². The van der Waals surface area contributed by atoms with Gasteiger partial charge in [0.15, 0.2) is 6.29 Å². The third kappa shape index (κ3) is 1.58. The van der Waals surface area contributed by atoms with Crippen LogP contribution in [0.2, 0.25) is 0 Å². The van der Waals surface area contributed by atoms with E-state index in [0.29, 0.717) is 0 Å². The smallest absolute Gasteiger partial charge is 0.184 e. The van der Waals surface area contributed by atoms with Gasteiger partial charge in [-0.1, -0.05) is 0 Å². The van der Waals surface area contributed by atoms with Crippen molar-refractivity contribution in [3.63, 3.8) is 0 Å². The van der Waals surface area contributed by atoms with Crippen molar-refractivity contribution in [2.45, 2.75) is 30.7 Å². The molecule has 0 spiro atoms. The molecule has 0 aliphatic carbocycles. The quantitative estimate of drug-likeness (QED) is 0.290. The first-order valence-corrected chi connectivity index (χ1v) is 3.56. The molecule has 0 aromatic rings. The zero-order valence-electron chi connectivity index (χ0n) is 6.24. The molecule has 5 atom stereocenters. The molecule has 6 heteroatoms. The summed E-state index contributed by atoms with van der Waals surface area (Å²) in [6.07, 6.45) is -7.04. The summed E-state index contributed by atoms with van der Waals surface area (Å²) in [5.41, 5.74) is 0. The van der Waals surface area contributed by atoms with Gasteiger partial charge in [-0.2, -0.15) is 0 Å². The van der Waals surface area contributed by atoms with Crippen molar-refractivity contribution in [2.75, 3.05) is 6.61 Å². The minimum absolute atomic E-state index is 0.526. The molecule has 0 bridgehead atoms. The van der Waals surface area contributed by atoms with E-state index < -0.39 is 37.3 Å². The second-order valence-corrected chi connectivity index (χ2v) is 2.72. The van der Waals surface area contributed by atoms with Crippen molar-refractivity contribution < 1.29 is 30.3 Å². The van der Waals surface area contributed by atoms with E-state index >= 15 is 0 Å². The lowest BCUT2D eigenvalue weighted by molar-refractivity contribution is -0.286. The Morgan fingerprint density at radius 2 is 1.50 bits per heavy atom. The van der Waals surface area contributed by atoms with Crippen LogP contribution >= 0.6 is 0 Å². The molecule has 1 heterocycles. The Kier molecular flexibility index (Phi) is 2.99. The van der Waals surface area contributed by atoms with E-state index in [2.05, 4.69) is 4.74 Å². The zero-order valence-corrected chi connectivity index (χ0v) is 6.24. The topological polar surface area (TPSA) is 110 Å². The molecule has 0 aromatic carbocycles. The fraction of sp³-hybridized carbons (Fsp3) is 1.00. The number of rotatable bonds is 1. The Morgan fingerprint density at radius 3 is 2.00 bits per heavy atom. The van der Waals surface area contributed by atoms with E-state index in [0.717, 1.165) is 0 Å². The highest BCUT2D eigenvalue weighted by molar-refractivity contribution is 4.87. The molecule has 72 valence electrons. The average Bonchev–Trinajstić information content (AvgIpc) is 2.08. The highest BCUT2D eigenvalue weighted by atomic mass is 16.6. The van der Waals surface area contributed by atoms with Crippen molar-refractivity contribution in [3.8, 4) is 0 Å². The number of hydrogen-bond acceptors (Lipinski definition) is 6. The van der Waals surface area contributed by atoms with Crippen LogP contribution in [-0.2, 0) is 4.74 Å². The Bertz CT molecular complexity index is 146. The van der Waals surface area contributed by atoms with Gasteiger partial charge in [0.2, 0.25) is 0 Å². The van der Waals surface area contributed by atoms with Gasteiger partial charge in [-0.15, -0.1) is 0 Å². The van der Waals surface area contributed by atoms with Crippen LogP contribution in [0.4, 0.5) is 0 Å². The summed E-state index contributed by atoms with van der Waals surface area (Å²) < 4.78 is 4.58. The van der Waals surface area contributed by atoms with Crippen molar-refractivity contribution in [1.29, 1.82) is 0 Å². The summed E-state index contributed by atoms with van der Waals surface area (Å²) in [5.74, 6) is 0. The van der Waals surface area contributed by atoms with E-state index in [9.17, 15) is 0 Å². The zero-order chi connectivity index (χ0) is 9.30. The normalized spacial score (nSPS) is 49.2. The first-order valence-electron chi connectivity index (χ1n) is 3.56. The van der Waals surface area contributed by atoms with Crippen LogP contribution in [0.5, 0.6) is 0 Å². The first kappa shape index (κ1) is 9.85. The summed E-state index contributed by atoms with van der Waals surface area (Å²) >= 11 is 0. The van der Waals surface area contributed by atoms with E-state index in [1.54, 1.807) is 0 Å². The van der Waals surface area contributed by atoms with Crippen molar-refractivity contribution >= 4 is 0 Å². The van der Waals surface area contributed by atoms with Crippen LogP contribution in [0, 0.1) is 0 Å². The fourth-order valence-electron chi connectivity index (χ4n) is 1.08. The van der Waals surface area contributed by atoms with Crippen LogP contribution < -0.4 is 0 Å². The molecule has 1 saturated heterocycles. The predicted octanol–water partition coefficient (Wildman–Crippen LogP) is -3.22. The molecule has 12 heavy (non-hydrogen) atoms. The summed E-state index contributed by atoms with van der Waals surface area (Å²) in [6, 6.07) is 0. The highest BCUT2D eigenvalue weighted by Gasteiger charge is 2.42. The fourth-order valence-corrected chi connectivity index (χ4v) is 1.08. The van der Waals surface area contributed by atoms with E-state index in [4.69, 9.17) is 25.5 Å². The number of ether oxygens (including phenoxy) is 1. The molecule has 0 amide bonds. The molecule has 5 N–H and O–H groups in total. The molecule has 1 aliphatic rings. The van der Waals surface area contributed by atoms with E-state index in [1.807, 2.05) is 0 Å². The van der Waals surface area contributed by atoms with Crippen molar-refractivity contribution in [1.82, 2.24) is 0 Å². The Balaban J connectivity index is 2.63. The lowest BCUT2D eigenvalue weighted by Crippen LogP contribution is -2.58. The van der Waals surface area contributed by atoms with Crippen molar-refractivity contribution in [2.24, 2.45) is 0 Å². The summed E-state index contributed by atoms with van der Waals surface area (Å²) in [5, 5.41) is 44.7. The van der Waals surface area contributed by atoms with Crippen LogP contribution in [0.15, 0.2) is 0 Å². The standard InChI is InChI=1S/C6H12O6/c7-1-2-3(8)4(9)5(10)6(11)12-2/h2-11H,1H2/t2?,3?,4-,5-,6-/m0/s1. The molecule has 1 rings (SSSR count). The van der Waals surface area contributed by atoms with E-state index in [1.165, 1.54) is 0 Å². The third-order valence-corrected chi connectivity index (χ3v) is 1.87. The molecule has 0 saturated carbocycles. The summed E-state index contributed by atoms with van der Waals surface area (Å²) in [4.78, 5) is 0. The number of aliphatic hydroxyl groups excluding tert-OH is 5. The van der Waals surface area contributed by atoms with Gasteiger partial charge in [0.1, 0.15) is 24.4 Å². The summed E-state index contributed by atoms with van der Waals surface area (Å²) in [6.45, 7) is -0.526. The van der Waals surface area contributed by atoms with Crippen LogP contribution in [0.1, 0.15) is 0 Å². The number of hydrogen-bond donors (Lipinski definition) is 5. The summed E-state index contributed by atoms with van der Waals surface area (Å²) in [7, 11) is 0. The predicted molar refractivity (Wildman–Crippen MR) is 36.0 cm³/mol. The minimum Gasteiger partial charge on any atom is -0.394 e. The van der Waals surface area contributed by atoms with Gasteiger partial charge in [-0.25, -0.2) is 0 Å². The molecular weight excluding hydrogens is 168 g/mol. The maximum Gasteiger partial charge on any atom is 0.184 e. The van der Waals surface area contributed by atoms with Gasteiger partial charge in [-0.3, -0.25) is 0 Å². The minimum atomic E-state index is -1.57. The monoisotopic (exact) mass is 180 g/mol. The lowest BCUT2D eigenvalue weighted by atomic mass is 10.00.